The van der Waals surface area contributed by atoms with E-state index >= 15 is 0 Å². The highest BCUT2D eigenvalue weighted by Crippen LogP contribution is 2.34. The summed E-state index contributed by atoms with van der Waals surface area (Å²) in [6, 6.07) is 13.0. The number of benzene rings is 2. The van der Waals surface area contributed by atoms with Crippen molar-refractivity contribution in [3.8, 4) is 17.2 Å². The molecule has 0 bridgehead atoms. The number of para-hydroxylation sites is 2. The van der Waals surface area contributed by atoms with Crippen LogP contribution in [-0.2, 0) is 4.74 Å². The predicted molar refractivity (Wildman–Crippen MR) is 107 cm³/mol. The molecule has 0 N–H and O–H groups in total. The van der Waals surface area contributed by atoms with Crippen molar-refractivity contribution in [1.29, 1.82) is 0 Å². The molecule has 0 saturated heterocycles. The minimum Gasteiger partial charge on any atom is -0.520 e. The average molecular weight is 374 g/mol. The van der Waals surface area contributed by atoms with Crippen molar-refractivity contribution in [2.45, 2.75) is 19.6 Å². The van der Waals surface area contributed by atoms with Crippen LogP contribution < -0.4 is 14.0 Å². The molecule has 140 valence electrons. The maximum Gasteiger partial charge on any atom is 0.625 e. The van der Waals surface area contributed by atoms with Gasteiger partial charge in [0.1, 0.15) is 22.8 Å². The van der Waals surface area contributed by atoms with Crippen LogP contribution in [0.5, 0.6) is 17.2 Å². The van der Waals surface area contributed by atoms with Crippen LogP contribution >= 0.6 is 0 Å². The number of rotatable bonds is 4. The number of carbonyl (C=O) groups is 1. The van der Waals surface area contributed by atoms with Crippen molar-refractivity contribution < 1.29 is 23.6 Å². The van der Waals surface area contributed by atoms with Gasteiger partial charge in [-0.3, -0.25) is 0 Å². The van der Waals surface area contributed by atoms with E-state index in [2.05, 4.69) is 0 Å². The largest absolute Gasteiger partial charge is 0.625 e. The lowest BCUT2D eigenvalue weighted by Gasteiger charge is -2.32. The van der Waals surface area contributed by atoms with Gasteiger partial charge in [-0.15, -0.1) is 0 Å². The Morgan fingerprint density at radius 1 is 0.821 bits per heavy atom. The molecule has 0 fully saturated rings. The van der Waals surface area contributed by atoms with Crippen LogP contribution in [0.25, 0.3) is 6.08 Å². The van der Waals surface area contributed by atoms with Gasteiger partial charge in [-0.2, -0.15) is 0 Å². The van der Waals surface area contributed by atoms with Gasteiger partial charge in [0.25, 0.3) is 0 Å². The molecule has 0 aromatic heterocycles. The second kappa shape index (κ2) is 7.31. The lowest BCUT2D eigenvalue weighted by molar-refractivity contribution is -0.127. The molecular formula is C22H19BO5. The maximum atomic E-state index is 12.3. The van der Waals surface area contributed by atoms with Gasteiger partial charge in [0.05, 0.1) is 0 Å². The second-order valence-corrected chi connectivity index (χ2v) is 6.79. The highest BCUT2D eigenvalue weighted by molar-refractivity contribution is 6.53. The molecular weight excluding hydrogens is 355 g/mol. The number of fused-ring (bicyclic) bond motifs is 2. The van der Waals surface area contributed by atoms with Crippen molar-refractivity contribution in [3.05, 3.63) is 83.9 Å². The molecule has 0 saturated carbocycles. The van der Waals surface area contributed by atoms with Gasteiger partial charge >= 0.3 is 13.1 Å². The Morgan fingerprint density at radius 2 is 1.50 bits per heavy atom. The zero-order chi connectivity index (χ0) is 19.6. The van der Waals surface area contributed by atoms with Gasteiger partial charge < -0.3 is 18.8 Å². The van der Waals surface area contributed by atoms with Gasteiger partial charge in [0, 0.05) is 13.8 Å². The van der Waals surface area contributed by atoms with Crippen molar-refractivity contribution in [2.75, 3.05) is 0 Å². The number of ether oxygens (including phenoxy) is 2. The summed E-state index contributed by atoms with van der Waals surface area (Å²) in [7, 11) is -0.428. The van der Waals surface area contributed by atoms with E-state index in [9.17, 15) is 4.79 Å². The first-order valence-corrected chi connectivity index (χ1v) is 9.01. The molecule has 4 rings (SSSR count). The minimum atomic E-state index is -0.957. The van der Waals surface area contributed by atoms with E-state index in [-0.39, 0.29) is 5.97 Å². The van der Waals surface area contributed by atoms with Crippen molar-refractivity contribution in [2.24, 2.45) is 0 Å². The molecule has 2 aromatic rings. The van der Waals surface area contributed by atoms with Crippen LogP contribution in [0.2, 0.25) is 0 Å². The summed E-state index contributed by atoms with van der Waals surface area (Å²) < 4.78 is 22.3. The summed E-state index contributed by atoms with van der Waals surface area (Å²) in [6.45, 7) is 3.42. The van der Waals surface area contributed by atoms with Crippen LogP contribution in [-0.4, -0.2) is 18.9 Å². The van der Waals surface area contributed by atoms with E-state index in [1.54, 1.807) is 19.9 Å². The monoisotopic (exact) mass is 374 g/mol. The van der Waals surface area contributed by atoms with Crippen LogP contribution in [0.15, 0.2) is 72.7 Å². The standard InChI is InChI=1S/C22H19BO5/c1-22(2)25-19-14-9-11-16(20(19)21(24)26-22)10-5-3-4-8-15-23-27-17-12-6-7-13-18(17)28-23/h3-15H,1-2H3/b4-3+,10-5+,15-8+. The first kappa shape index (κ1) is 18.0. The molecule has 2 aromatic carbocycles. The van der Waals surface area contributed by atoms with E-state index < -0.39 is 12.9 Å². The van der Waals surface area contributed by atoms with Gasteiger partial charge in [-0.25, -0.2) is 4.79 Å². The van der Waals surface area contributed by atoms with E-state index in [1.165, 1.54) is 0 Å². The Labute approximate surface area is 164 Å². The zero-order valence-electron chi connectivity index (χ0n) is 15.6. The summed E-state index contributed by atoms with van der Waals surface area (Å²) in [5, 5.41) is 0. The fourth-order valence-electron chi connectivity index (χ4n) is 2.99. The molecule has 0 atom stereocenters. The molecule has 0 amide bonds. The Hall–Kier alpha value is -3.41. The molecule has 0 spiro atoms. The molecule has 2 heterocycles. The summed E-state index contributed by atoms with van der Waals surface area (Å²) in [5.74, 6) is 2.50. The van der Waals surface area contributed by atoms with Crippen molar-refractivity contribution in [1.82, 2.24) is 0 Å². The van der Waals surface area contributed by atoms with E-state index in [4.69, 9.17) is 18.8 Å². The molecule has 2 aliphatic heterocycles. The molecule has 0 unspecified atom stereocenters. The van der Waals surface area contributed by atoms with Crippen LogP contribution in [0.3, 0.4) is 0 Å². The first-order valence-electron chi connectivity index (χ1n) is 9.01. The number of esters is 1. The number of hydrogen-bond acceptors (Lipinski definition) is 5. The third-order valence-electron chi connectivity index (χ3n) is 4.17. The topological polar surface area (TPSA) is 54.0 Å². The smallest absolute Gasteiger partial charge is 0.520 e. The number of carbonyl (C=O) groups excluding carboxylic acids is 1. The molecule has 5 nitrogen and oxygen atoms in total. The Bertz CT molecular complexity index is 965. The predicted octanol–water partition coefficient (Wildman–Crippen LogP) is 4.60. The molecule has 0 radical (unpaired) electrons. The maximum absolute atomic E-state index is 12.3. The normalized spacial score (nSPS) is 17.2. The fraction of sp³-hybridized carbons (Fsp3) is 0.136. The van der Waals surface area contributed by atoms with Gasteiger partial charge in [0.15, 0.2) is 0 Å². The number of allylic oxidation sites excluding steroid dienone is 4. The Morgan fingerprint density at radius 3 is 2.25 bits per heavy atom. The van der Waals surface area contributed by atoms with Crippen LogP contribution in [0.4, 0.5) is 0 Å². The summed E-state index contributed by atoms with van der Waals surface area (Å²) in [5.41, 5.74) is 1.18. The van der Waals surface area contributed by atoms with E-state index in [1.807, 2.05) is 72.8 Å². The quantitative estimate of drug-likeness (QED) is 0.445. The average Bonchev–Trinajstić information content (AvgIpc) is 3.06. The second-order valence-electron chi connectivity index (χ2n) is 6.79. The van der Waals surface area contributed by atoms with Gasteiger partial charge in [-0.05, 0) is 29.7 Å². The van der Waals surface area contributed by atoms with Gasteiger partial charge in [0.2, 0.25) is 5.79 Å². The Kier molecular flexibility index (Phi) is 4.69. The number of hydrogen-bond donors (Lipinski definition) is 0. The van der Waals surface area contributed by atoms with E-state index in [0.717, 1.165) is 17.1 Å². The highest BCUT2D eigenvalue weighted by atomic mass is 16.7. The molecule has 6 heteroatoms. The summed E-state index contributed by atoms with van der Waals surface area (Å²) in [4.78, 5) is 12.3. The third kappa shape index (κ3) is 3.81. The van der Waals surface area contributed by atoms with E-state index in [0.29, 0.717) is 11.3 Å². The third-order valence-corrected chi connectivity index (χ3v) is 4.17. The number of cyclic esters (lactones) is 1. The summed E-state index contributed by atoms with van der Waals surface area (Å²) >= 11 is 0. The Balaban J connectivity index is 1.39. The summed E-state index contributed by atoms with van der Waals surface area (Å²) in [6.07, 6.45) is 9.25. The SMILES string of the molecule is CC1(C)OC(=O)c2c(/C=C/C=C/C=C/B3Oc4ccccc4O3)cccc2O1. The molecule has 2 aliphatic rings. The highest BCUT2D eigenvalue weighted by Gasteiger charge is 2.34. The lowest BCUT2D eigenvalue weighted by Crippen LogP contribution is -2.39. The van der Waals surface area contributed by atoms with Crippen molar-refractivity contribution >= 4 is 19.2 Å². The molecule has 28 heavy (non-hydrogen) atoms. The van der Waals surface area contributed by atoms with Crippen molar-refractivity contribution in [3.63, 3.8) is 0 Å². The first-order chi connectivity index (χ1) is 13.5. The van der Waals surface area contributed by atoms with Crippen LogP contribution in [0.1, 0.15) is 29.8 Å². The van der Waals surface area contributed by atoms with Gasteiger partial charge in [-0.1, -0.05) is 54.6 Å². The fourth-order valence-corrected chi connectivity index (χ4v) is 2.99. The minimum absolute atomic E-state index is 0.384. The zero-order valence-corrected chi connectivity index (χ0v) is 15.6. The lowest BCUT2D eigenvalue weighted by atomic mass is 9.90. The molecule has 0 aliphatic carbocycles. The van der Waals surface area contributed by atoms with Crippen LogP contribution in [0, 0.1) is 0 Å².